The van der Waals surface area contributed by atoms with Gasteiger partial charge in [0, 0.05) is 31.8 Å². The molecule has 1 atom stereocenters. The highest BCUT2D eigenvalue weighted by atomic mass is 32.2. The van der Waals surface area contributed by atoms with Crippen LogP contribution in [-0.2, 0) is 27.8 Å². The second-order valence-electron chi connectivity index (χ2n) is 7.95. The summed E-state index contributed by atoms with van der Waals surface area (Å²) in [7, 11) is -1.30. The van der Waals surface area contributed by atoms with Crippen LogP contribution in [0.3, 0.4) is 0 Å². The second-order valence-corrected chi connectivity index (χ2v) is 9.34. The molecular weight excluding hydrogens is 461 g/mol. The zero-order valence-electron chi connectivity index (χ0n) is 19.5. The van der Waals surface area contributed by atoms with Gasteiger partial charge in [0.2, 0.25) is 0 Å². The molecule has 0 amide bonds. The fourth-order valence-corrected chi connectivity index (χ4v) is 3.74. The number of benzene rings is 1. The Kier molecular flexibility index (Phi) is 8.00. The van der Waals surface area contributed by atoms with Gasteiger partial charge in [0.05, 0.1) is 25.1 Å². The van der Waals surface area contributed by atoms with E-state index in [0.717, 1.165) is 18.3 Å². The van der Waals surface area contributed by atoms with Crippen molar-refractivity contribution in [2.45, 2.75) is 44.2 Å². The molecule has 2 aromatic heterocycles. The number of ether oxygens (including phenoxy) is 1. The molecular formula is C23H28FN5O4S. The van der Waals surface area contributed by atoms with Crippen molar-refractivity contribution in [1.82, 2.24) is 19.7 Å². The van der Waals surface area contributed by atoms with Crippen LogP contribution in [0.2, 0.25) is 0 Å². The summed E-state index contributed by atoms with van der Waals surface area (Å²) >= 11 is 0. The van der Waals surface area contributed by atoms with Gasteiger partial charge in [0.1, 0.15) is 11.5 Å². The maximum absolute atomic E-state index is 14.3. The normalized spacial score (nSPS) is 12.8. The van der Waals surface area contributed by atoms with Crippen LogP contribution in [0.15, 0.2) is 53.8 Å². The molecule has 0 saturated heterocycles. The lowest BCUT2D eigenvalue weighted by Gasteiger charge is -2.14. The zero-order valence-corrected chi connectivity index (χ0v) is 20.3. The van der Waals surface area contributed by atoms with Crippen molar-refractivity contribution in [3.63, 3.8) is 0 Å². The van der Waals surface area contributed by atoms with E-state index in [-0.39, 0.29) is 30.1 Å². The molecule has 0 aliphatic rings. The Morgan fingerprint density at radius 2 is 2.03 bits per heavy atom. The molecule has 1 unspecified atom stereocenters. The van der Waals surface area contributed by atoms with Crippen LogP contribution in [0.4, 0.5) is 10.2 Å². The van der Waals surface area contributed by atoms with E-state index in [0.29, 0.717) is 17.7 Å². The summed E-state index contributed by atoms with van der Waals surface area (Å²) in [6.07, 6.45) is 5.96. The van der Waals surface area contributed by atoms with E-state index in [9.17, 15) is 17.4 Å². The number of aromatic nitrogens is 4. The molecule has 34 heavy (non-hydrogen) atoms. The molecule has 182 valence electrons. The highest BCUT2D eigenvalue weighted by Gasteiger charge is 2.22. The zero-order chi connectivity index (χ0) is 24.9. The van der Waals surface area contributed by atoms with Crippen LogP contribution in [0, 0.1) is 5.82 Å². The fourth-order valence-electron chi connectivity index (χ4n) is 3.10. The highest BCUT2D eigenvalue weighted by Crippen LogP contribution is 2.25. The Hall–Kier alpha value is -3.31. The second kappa shape index (κ2) is 10.7. The molecule has 0 saturated carbocycles. The molecule has 3 aromatic rings. The van der Waals surface area contributed by atoms with Gasteiger partial charge < -0.3 is 9.64 Å². The van der Waals surface area contributed by atoms with Crippen LogP contribution in [0.5, 0.6) is 0 Å². The van der Waals surface area contributed by atoms with Crippen molar-refractivity contribution in [1.29, 1.82) is 0 Å². The summed E-state index contributed by atoms with van der Waals surface area (Å²) in [6.45, 7) is 4.19. The first-order valence-electron chi connectivity index (χ1n) is 10.7. The number of hydrogen-bond donors (Lipinski definition) is 1. The largest absolute Gasteiger partial charge is 0.499 e. The number of nitrogens with zero attached hydrogens (tertiary/aromatic N) is 5. The molecule has 0 aliphatic carbocycles. The summed E-state index contributed by atoms with van der Waals surface area (Å²) in [5.74, 6) is -0.145. The van der Waals surface area contributed by atoms with E-state index >= 15 is 0 Å². The quantitative estimate of drug-likeness (QED) is 0.339. The molecule has 1 aromatic carbocycles. The Morgan fingerprint density at radius 1 is 1.29 bits per heavy atom. The first kappa shape index (κ1) is 25.3. The fraction of sp³-hybridized carbons (Fsp3) is 0.348. The topological polar surface area (TPSA) is 110 Å². The van der Waals surface area contributed by atoms with Gasteiger partial charge in [-0.3, -0.25) is 9.23 Å². The lowest BCUT2D eigenvalue weighted by molar-refractivity contribution is 0.157. The molecule has 0 fully saturated rings. The van der Waals surface area contributed by atoms with Crippen molar-refractivity contribution >= 4 is 15.9 Å². The number of hydrogen-bond acceptors (Lipinski definition) is 7. The minimum Gasteiger partial charge on any atom is -0.499 e. The molecule has 0 radical (unpaired) electrons. The minimum absolute atomic E-state index is 0.0274. The number of anilines is 1. The average molecular weight is 490 g/mol. The smallest absolute Gasteiger partial charge is 0.299 e. The van der Waals surface area contributed by atoms with Crippen LogP contribution in [-0.4, -0.2) is 52.9 Å². The summed E-state index contributed by atoms with van der Waals surface area (Å²) in [4.78, 5) is 9.45. The Balaban J connectivity index is 2.00. The van der Waals surface area contributed by atoms with Crippen molar-refractivity contribution < 1.29 is 22.1 Å². The van der Waals surface area contributed by atoms with E-state index < -0.39 is 15.0 Å². The van der Waals surface area contributed by atoms with Gasteiger partial charge >= 0.3 is 0 Å². The third-order valence-corrected chi connectivity index (χ3v) is 5.96. The van der Waals surface area contributed by atoms with Crippen LogP contribution >= 0.6 is 0 Å². The molecule has 0 bridgehead atoms. The van der Waals surface area contributed by atoms with Gasteiger partial charge in [-0.2, -0.15) is 13.5 Å². The lowest BCUT2D eigenvalue weighted by atomic mass is 10.2. The summed E-state index contributed by atoms with van der Waals surface area (Å²) in [6, 6.07) is 8.21. The summed E-state index contributed by atoms with van der Waals surface area (Å²) in [5.41, 5.74) is 1.61. The maximum Gasteiger partial charge on any atom is 0.299 e. The standard InChI is InChI=1S/C23H28FN5O4S/c1-5-16(2)33-12-8-10-18-13-20(27-29(18)15-17-9-6-7-11-19(17)24)22-25-14-21(34(30,31)32)23(26-22)28(3)4/h6-9,11-14,16H,5,10,15H2,1-4H3,(H,30,31,32). The molecule has 11 heteroatoms. The van der Waals surface area contributed by atoms with E-state index in [1.165, 1.54) is 11.0 Å². The predicted molar refractivity (Wildman–Crippen MR) is 127 cm³/mol. The highest BCUT2D eigenvalue weighted by molar-refractivity contribution is 7.86. The first-order chi connectivity index (χ1) is 16.1. The molecule has 9 nitrogen and oxygen atoms in total. The lowest BCUT2D eigenvalue weighted by Crippen LogP contribution is -2.16. The van der Waals surface area contributed by atoms with Gasteiger partial charge in [-0.25, -0.2) is 14.4 Å². The van der Waals surface area contributed by atoms with Gasteiger partial charge in [-0.15, -0.1) is 0 Å². The number of rotatable bonds is 10. The van der Waals surface area contributed by atoms with Crippen LogP contribution < -0.4 is 4.90 Å². The van der Waals surface area contributed by atoms with E-state index in [2.05, 4.69) is 15.1 Å². The number of halogens is 1. The van der Waals surface area contributed by atoms with Gasteiger partial charge in [-0.1, -0.05) is 25.1 Å². The predicted octanol–water partition coefficient (Wildman–Crippen LogP) is 3.71. The van der Waals surface area contributed by atoms with Crippen molar-refractivity contribution in [2.75, 3.05) is 19.0 Å². The van der Waals surface area contributed by atoms with Crippen molar-refractivity contribution in [2.24, 2.45) is 0 Å². The summed E-state index contributed by atoms with van der Waals surface area (Å²) in [5, 5.41) is 4.56. The van der Waals surface area contributed by atoms with E-state index in [1.54, 1.807) is 49.3 Å². The minimum atomic E-state index is -4.51. The van der Waals surface area contributed by atoms with Gasteiger partial charge in [-0.05, 0) is 31.6 Å². The summed E-state index contributed by atoms with van der Waals surface area (Å²) < 4.78 is 54.4. The third kappa shape index (κ3) is 6.17. The maximum atomic E-state index is 14.3. The third-order valence-electron chi connectivity index (χ3n) is 5.12. The molecule has 0 spiro atoms. The molecule has 2 heterocycles. The van der Waals surface area contributed by atoms with Crippen molar-refractivity contribution in [3.05, 3.63) is 65.9 Å². The van der Waals surface area contributed by atoms with Crippen LogP contribution in [0.25, 0.3) is 11.5 Å². The molecule has 3 rings (SSSR count). The average Bonchev–Trinajstić information content (AvgIpc) is 3.19. The monoisotopic (exact) mass is 489 g/mol. The van der Waals surface area contributed by atoms with E-state index in [4.69, 9.17) is 4.74 Å². The Bertz CT molecular complexity index is 1270. The number of allylic oxidation sites excluding steroid dienone is 1. The molecule has 0 aliphatic heterocycles. The van der Waals surface area contributed by atoms with Gasteiger partial charge in [0.25, 0.3) is 10.1 Å². The van der Waals surface area contributed by atoms with E-state index in [1.807, 2.05) is 19.9 Å². The van der Waals surface area contributed by atoms with Crippen LogP contribution in [0.1, 0.15) is 31.5 Å². The first-order valence-corrected chi connectivity index (χ1v) is 12.2. The molecule has 1 N–H and O–H groups in total. The van der Waals surface area contributed by atoms with Gasteiger partial charge in [0.15, 0.2) is 16.5 Å². The Labute approximate surface area is 198 Å². The SMILES string of the molecule is CCC(C)OC=CCc1cc(-c2ncc(S(=O)(=O)O)c(N(C)C)n2)nn1Cc1ccccc1F. The Morgan fingerprint density at radius 3 is 2.68 bits per heavy atom. The van der Waals surface area contributed by atoms with Crippen molar-refractivity contribution in [3.8, 4) is 11.5 Å².